The van der Waals surface area contributed by atoms with Crippen LogP contribution in [-0.2, 0) is 12.8 Å². The summed E-state index contributed by atoms with van der Waals surface area (Å²) in [6.45, 7) is 3.01. The molecule has 1 aromatic carbocycles. The smallest absolute Gasteiger partial charge is 0.128 e. The first kappa shape index (κ1) is 17.7. The Morgan fingerprint density at radius 3 is 2.58 bits per heavy atom. The lowest BCUT2D eigenvalue weighted by Gasteiger charge is -2.15. The molecule has 0 aliphatic rings. The molecule has 0 amide bonds. The lowest BCUT2D eigenvalue weighted by atomic mass is 9.97. The van der Waals surface area contributed by atoms with Gasteiger partial charge in [-0.15, -0.1) is 0 Å². The van der Waals surface area contributed by atoms with Gasteiger partial charge in [0.2, 0.25) is 0 Å². The Hall–Kier alpha value is -3.08. The van der Waals surface area contributed by atoms with Crippen molar-refractivity contribution in [3.05, 3.63) is 66.0 Å². The maximum absolute atomic E-state index is 5.84. The predicted octanol–water partition coefficient (Wildman–Crippen LogP) is 3.95. The molecule has 0 spiro atoms. The average molecular weight is 348 g/mol. The van der Waals surface area contributed by atoms with Crippen molar-refractivity contribution in [2.45, 2.75) is 19.8 Å². The fraction of sp³-hybridized carbons (Fsp3) is 0.238. The molecule has 3 N–H and O–H groups in total. The molecular weight excluding hydrogens is 324 g/mol. The van der Waals surface area contributed by atoms with Crippen molar-refractivity contribution in [1.82, 2.24) is 9.97 Å². The third-order valence-electron chi connectivity index (χ3n) is 4.35. The number of nitrogens with one attached hydrogen (secondary N) is 1. The van der Waals surface area contributed by atoms with Gasteiger partial charge in [-0.1, -0.05) is 13.0 Å². The van der Waals surface area contributed by atoms with Gasteiger partial charge >= 0.3 is 0 Å². The molecule has 3 rings (SSSR count). The second-order valence-electron chi connectivity index (χ2n) is 6.04. The molecule has 2 heterocycles. The van der Waals surface area contributed by atoms with E-state index in [-0.39, 0.29) is 0 Å². The number of hydrogen-bond donors (Lipinski definition) is 2. The first-order valence-corrected chi connectivity index (χ1v) is 8.78. The number of methoxy groups -OCH3 is 1. The van der Waals surface area contributed by atoms with E-state index in [1.54, 1.807) is 25.6 Å². The maximum Gasteiger partial charge on any atom is 0.128 e. The first-order valence-electron chi connectivity index (χ1n) is 8.78. The minimum atomic E-state index is 0.508. The zero-order valence-electron chi connectivity index (χ0n) is 15.2. The fourth-order valence-electron chi connectivity index (χ4n) is 3.01. The summed E-state index contributed by atoms with van der Waals surface area (Å²) in [6, 6.07) is 13.9. The van der Waals surface area contributed by atoms with Gasteiger partial charge in [-0.05, 0) is 60.4 Å². The largest absolute Gasteiger partial charge is 0.496 e. The van der Waals surface area contributed by atoms with Gasteiger partial charge in [0.15, 0.2) is 0 Å². The molecule has 0 atom stereocenters. The maximum atomic E-state index is 5.84. The van der Waals surface area contributed by atoms with Crippen molar-refractivity contribution in [3.63, 3.8) is 0 Å². The van der Waals surface area contributed by atoms with Gasteiger partial charge in [0, 0.05) is 30.2 Å². The minimum absolute atomic E-state index is 0.508. The summed E-state index contributed by atoms with van der Waals surface area (Å²) in [7, 11) is 1.69. The SMILES string of the molecule is CCc1cc(-c2cccc(N)n2)c(OC)cc1CCNc1ccncc1. The molecule has 3 aromatic rings. The van der Waals surface area contributed by atoms with Crippen molar-refractivity contribution in [1.29, 1.82) is 0 Å². The van der Waals surface area contributed by atoms with Crippen LogP contribution in [0.25, 0.3) is 11.3 Å². The number of nitrogen functional groups attached to an aromatic ring is 1. The molecule has 0 saturated heterocycles. The van der Waals surface area contributed by atoms with E-state index in [9.17, 15) is 0 Å². The number of anilines is 2. The Balaban J connectivity index is 1.84. The quantitative estimate of drug-likeness (QED) is 0.676. The Morgan fingerprint density at radius 2 is 1.88 bits per heavy atom. The number of rotatable bonds is 7. The van der Waals surface area contributed by atoms with Crippen LogP contribution in [0.1, 0.15) is 18.1 Å². The number of hydrogen-bond acceptors (Lipinski definition) is 5. The highest BCUT2D eigenvalue weighted by Gasteiger charge is 2.12. The predicted molar refractivity (Wildman–Crippen MR) is 106 cm³/mol. The number of ether oxygens (including phenoxy) is 1. The summed E-state index contributed by atoms with van der Waals surface area (Å²) >= 11 is 0. The van der Waals surface area contributed by atoms with Crippen LogP contribution in [0.15, 0.2) is 54.9 Å². The second-order valence-corrected chi connectivity index (χ2v) is 6.04. The van der Waals surface area contributed by atoms with Crippen molar-refractivity contribution < 1.29 is 4.74 Å². The van der Waals surface area contributed by atoms with Crippen molar-refractivity contribution in [2.24, 2.45) is 0 Å². The van der Waals surface area contributed by atoms with E-state index in [2.05, 4.69) is 34.3 Å². The van der Waals surface area contributed by atoms with Crippen molar-refractivity contribution >= 4 is 11.5 Å². The highest BCUT2D eigenvalue weighted by atomic mass is 16.5. The first-order chi connectivity index (χ1) is 12.7. The normalized spacial score (nSPS) is 10.5. The van der Waals surface area contributed by atoms with E-state index in [0.29, 0.717) is 5.82 Å². The topological polar surface area (TPSA) is 73.1 Å². The Labute approximate surface area is 154 Å². The minimum Gasteiger partial charge on any atom is -0.496 e. The standard InChI is InChI=1S/C21H24N4O/c1-3-15-13-18(19-5-4-6-21(22)25-19)20(26-2)14-16(15)7-12-24-17-8-10-23-11-9-17/h4-6,8-11,13-14H,3,7,12H2,1-2H3,(H2,22,25)(H,23,24). The van der Waals surface area contributed by atoms with Gasteiger partial charge in [-0.25, -0.2) is 4.98 Å². The van der Waals surface area contributed by atoms with E-state index in [1.807, 2.05) is 24.3 Å². The van der Waals surface area contributed by atoms with Gasteiger partial charge < -0.3 is 15.8 Å². The van der Waals surface area contributed by atoms with Crippen LogP contribution in [0, 0.1) is 0 Å². The van der Waals surface area contributed by atoms with E-state index >= 15 is 0 Å². The molecule has 5 heteroatoms. The summed E-state index contributed by atoms with van der Waals surface area (Å²) in [5.41, 5.74) is 11.3. The lowest BCUT2D eigenvalue weighted by Crippen LogP contribution is -2.07. The van der Waals surface area contributed by atoms with Gasteiger partial charge in [-0.2, -0.15) is 0 Å². The Bertz CT molecular complexity index is 865. The van der Waals surface area contributed by atoms with E-state index < -0.39 is 0 Å². The van der Waals surface area contributed by atoms with Crippen LogP contribution in [0.5, 0.6) is 5.75 Å². The number of aromatic nitrogens is 2. The Kier molecular flexibility index (Phi) is 5.69. The molecule has 0 fully saturated rings. The average Bonchev–Trinajstić information content (AvgIpc) is 2.68. The number of benzene rings is 1. The lowest BCUT2D eigenvalue weighted by molar-refractivity contribution is 0.415. The zero-order chi connectivity index (χ0) is 18.4. The summed E-state index contributed by atoms with van der Waals surface area (Å²) in [4.78, 5) is 8.47. The van der Waals surface area contributed by atoms with E-state index in [4.69, 9.17) is 10.5 Å². The van der Waals surface area contributed by atoms with E-state index in [0.717, 1.165) is 42.1 Å². The molecule has 134 valence electrons. The summed E-state index contributed by atoms with van der Waals surface area (Å²) in [5.74, 6) is 1.33. The highest BCUT2D eigenvalue weighted by Crippen LogP contribution is 2.32. The van der Waals surface area contributed by atoms with Gasteiger partial charge in [0.05, 0.1) is 12.8 Å². The number of aryl methyl sites for hydroxylation is 1. The molecule has 26 heavy (non-hydrogen) atoms. The molecule has 0 aliphatic heterocycles. The van der Waals surface area contributed by atoms with Crippen LogP contribution >= 0.6 is 0 Å². The second kappa shape index (κ2) is 8.34. The molecule has 0 aliphatic carbocycles. The highest BCUT2D eigenvalue weighted by molar-refractivity contribution is 5.70. The van der Waals surface area contributed by atoms with Crippen LogP contribution < -0.4 is 15.8 Å². The van der Waals surface area contributed by atoms with Gasteiger partial charge in [0.25, 0.3) is 0 Å². The summed E-state index contributed by atoms with van der Waals surface area (Å²) in [6.07, 6.45) is 5.43. The van der Waals surface area contributed by atoms with Crippen molar-refractivity contribution in [2.75, 3.05) is 24.7 Å². The molecule has 0 radical (unpaired) electrons. The number of nitrogens with two attached hydrogens (primary N) is 1. The van der Waals surface area contributed by atoms with Crippen LogP contribution in [0.4, 0.5) is 11.5 Å². The van der Waals surface area contributed by atoms with Crippen LogP contribution in [0.2, 0.25) is 0 Å². The summed E-state index contributed by atoms with van der Waals surface area (Å²) in [5, 5.41) is 3.43. The molecule has 0 bridgehead atoms. The fourth-order valence-corrected chi connectivity index (χ4v) is 3.01. The Morgan fingerprint density at radius 1 is 1.08 bits per heavy atom. The van der Waals surface area contributed by atoms with Gasteiger partial charge in [0.1, 0.15) is 11.6 Å². The van der Waals surface area contributed by atoms with Crippen molar-refractivity contribution in [3.8, 4) is 17.0 Å². The molecule has 5 nitrogen and oxygen atoms in total. The van der Waals surface area contributed by atoms with Crippen LogP contribution in [-0.4, -0.2) is 23.6 Å². The zero-order valence-corrected chi connectivity index (χ0v) is 15.2. The third-order valence-corrected chi connectivity index (χ3v) is 4.35. The molecule has 0 unspecified atom stereocenters. The van der Waals surface area contributed by atoms with Gasteiger partial charge in [-0.3, -0.25) is 4.98 Å². The number of pyridine rings is 2. The van der Waals surface area contributed by atoms with Crippen LogP contribution in [0.3, 0.4) is 0 Å². The van der Waals surface area contributed by atoms with E-state index in [1.165, 1.54) is 11.1 Å². The number of nitrogens with zero attached hydrogens (tertiary/aromatic N) is 2. The summed E-state index contributed by atoms with van der Waals surface area (Å²) < 4.78 is 5.63. The monoisotopic (exact) mass is 348 g/mol. The third kappa shape index (κ3) is 4.11. The molecule has 0 saturated carbocycles. The molecule has 2 aromatic heterocycles. The molecular formula is C21H24N4O.